The van der Waals surface area contributed by atoms with Crippen molar-refractivity contribution in [3.05, 3.63) is 35.6 Å². The van der Waals surface area contributed by atoms with E-state index >= 15 is 0 Å². The van der Waals surface area contributed by atoms with Gasteiger partial charge < -0.3 is 10.1 Å². The van der Waals surface area contributed by atoms with Gasteiger partial charge in [0.25, 0.3) is 0 Å². The summed E-state index contributed by atoms with van der Waals surface area (Å²) in [6.07, 6.45) is 3.76. The summed E-state index contributed by atoms with van der Waals surface area (Å²) in [4.78, 5) is 0. The van der Waals surface area contributed by atoms with E-state index in [1.807, 2.05) is 13.0 Å². The van der Waals surface area contributed by atoms with Gasteiger partial charge in [0.15, 0.2) is 9.84 Å². The number of hydrogen-bond donors (Lipinski definition) is 1. The summed E-state index contributed by atoms with van der Waals surface area (Å²) in [5.41, 5.74) is 0.699. The fraction of sp³-hybridized carbons (Fsp3) is 0.647. The van der Waals surface area contributed by atoms with Gasteiger partial charge in [-0.05, 0) is 44.2 Å². The van der Waals surface area contributed by atoms with Crippen molar-refractivity contribution in [2.24, 2.45) is 0 Å². The summed E-state index contributed by atoms with van der Waals surface area (Å²) in [6.45, 7) is 3.40. The van der Waals surface area contributed by atoms with Crippen molar-refractivity contribution in [2.45, 2.75) is 43.4 Å². The molecule has 1 aromatic carbocycles. The molecule has 23 heavy (non-hydrogen) atoms. The lowest BCUT2D eigenvalue weighted by Gasteiger charge is -2.36. The Morgan fingerprint density at radius 1 is 1.30 bits per heavy atom. The molecular weight excluding hydrogens is 317 g/mol. The van der Waals surface area contributed by atoms with Crippen LogP contribution in [0.4, 0.5) is 4.39 Å². The zero-order valence-electron chi connectivity index (χ0n) is 13.8. The van der Waals surface area contributed by atoms with Crippen molar-refractivity contribution in [2.75, 3.05) is 26.0 Å². The molecule has 0 radical (unpaired) electrons. The molecule has 1 atom stereocenters. The lowest BCUT2D eigenvalue weighted by molar-refractivity contribution is 0.0738. The maximum absolute atomic E-state index is 13.6. The Labute approximate surface area is 138 Å². The van der Waals surface area contributed by atoms with Crippen LogP contribution in [-0.2, 0) is 21.0 Å². The van der Waals surface area contributed by atoms with Gasteiger partial charge in [-0.1, -0.05) is 18.2 Å². The third kappa shape index (κ3) is 4.75. The van der Waals surface area contributed by atoms with E-state index in [0.717, 1.165) is 6.42 Å². The normalized spacial score (nSPS) is 19.4. The number of halogens is 1. The Morgan fingerprint density at radius 3 is 2.57 bits per heavy atom. The summed E-state index contributed by atoms with van der Waals surface area (Å²) >= 11 is 0. The van der Waals surface area contributed by atoms with Gasteiger partial charge in [0.2, 0.25) is 0 Å². The Kier molecular flexibility index (Phi) is 6.17. The first-order valence-corrected chi connectivity index (χ1v) is 9.97. The molecule has 0 aliphatic carbocycles. The molecule has 4 nitrogen and oxygen atoms in total. The molecule has 0 saturated carbocycles. The van der Waals surface area contributed by atoms with Crippen molar-refractivity contribution in [1.82, 2.24) is 5.32 Å². The van der Waals surface area contributed by atoms with Gasteiger partial charge in [-0.2, -0.15) is 0 Å². The molecule has 0 bridgehead atoms. The molecule has 1 saturated heterocycles. The van der Waals surface area contributed by atoms with Crippen LogP contribution in [0.15, 0.2) is 24.3 Å². The van der Waals surface area contributed by atoms with E-state index < -0.39 is 14.6 Å². The SMILES string of the molecule is C[C@@H](CCc1ccccc1F)NCC1(S(C)(=O)=O)CCOCC1. The molecule has 0 spiro atoms. The highest BCUT2D eigenvalue weighted by atomic mass is 32.2. The second kappa shape index (κ2) is 7.73. The van der Waals surface area contributed by atoms with Crippen molar-refractivity contribution >= 4 is 9.84 Å². The molecule has 1 fully saturated rings. The first kappa shape index (κ1) is 18.4. The van der Waals surface area contributed by atoms with Crippen LogP contribution in [0.25, 0.3) is 0 Å². The zero-order valence-corrected chi connectivity index (χ0v) is 14.7. The minimum Gasteiger partial charge on any atom is -0.381 e. The van der Waals surface area contributed by atoms with Crippen LogP contribution in [0.5, 0.6) is 0 Å². The minimum atomic E-state index is -3.16. The average Bonchev–Trinajstić information content (AvgIpc) is 2.52. The number of ether oxygens (including phenoxy) is 1. The van der Waals surface area contributed by atoms with Crippen molar-refractivity contribution < 1.29 is 17.5 Å². The molecule has 0 amide bonds. The van der Waals surface area contributed by atoms with E-state index in [9.17, 15) is 12.8 Å². The fourth-order valence-corrected chi connectivity index (χ4v) is 4.21. The van der Waals surface area contributed by atoms with Gasteiger partial charge >= 0.3 is 0 Å². The second-order valence-corrected chi connectivity index (χ2v) is 8.89. The highest BCUT2D eigenvalue weighted by molar-refractivity contribution is 7.92. The molecule has 6 heteroatoms. The van der Waals surface area contributed by atoms with Gasteiger partial charge in [-0.15, -0.1) is 0 Å². The molecule has 130 valence electrons. The lowest BCUT2D eigenvalue weighted by atomic mass is 9.98. The largest absolute Gasteiger partial charge is 0.381 e. The molecule has 1 aliphatic heterocycles. The monoisotopic (exact) mass is 343 g/mol. The van der Waals surface area contributed by atoms with E-state index in [-0.39, 0.29) is 11.9 Å². The number of sulfone groups is 1. The third-order valence-electron chi connectivity index (χ3n) is 4.77. The quantitative estimate of drug-likeness (QED) is 0.826. The van der Waals surface area contributed by atoms with Gasteiger partial charge in [0.1, 0.15) is 5.82 Å². The van der Waals surface area contributed by atoms with Crippen LogP contribution >= 0.6 is 0 Å². The van der Waals surface area contributed by atoms with Gasteiger partial charge in [-0.3, -0.25) is 0 Å². The van der Waals surface area contributed by atoms with Crippen LogP contribution in [0, 0.1) is 5.82 Å². The summed E-state index contributed by atoms with van der Waals surface area (Å²) in [5.74, 6) is -0.184. The van der Waals surface area contributed by atoms with E-state index in [2.05, 4.69) is 5.32 Å². The van der Waals surface area contributed by atoms with Crippen molar-refractivity contribution in [3.8, 4) is 0 Å². The fourth-order valence-electron chi connectivity index (χ4n) is 2.96. The molecule has 0 unspecified atom stereocenters. The maximum Gasteiger partial charge on any atom is 0.154 e. The number of benzene rings is 1. The van der Waals surface area contributed by atoms with Crippen LogP contribution in [-0.4, -0.2) is 45.2 Å². The summed E-state index contributed by atoms with van der Waals surface area (Å²) in [5, 5.41) is 3.33. The number of aryl methyl sites for hydroxylation is 1. The predicted octanol–water partition coefficient (Wildman–Crippen LogP) is 2.33. The molecule has 1 heterocycles. The van der Waals surface area contributed by atoms with Crippen molar-refractivity contribution in [1.29, 1.82) is 0 Å². The second-order valence-electron chi connectivity index (χ2n) is 6.48. The average molecular weight is 343 g/mol. The first-order chi connectivity index (χ1) is 10.8. The van der Waals surface area contributed by atoms with Crippen LogP contribution in [0.1, 0.15) is 31.7 Å². The van der Waals surface area contributed by atoms with Gasteiger partial charge in [-0.25, -0.2) is 12.8 Å². The van der Waals surface area contributed by atoms with Gasteiger partial charge in [0.05, 0.1) is 4.75 Å². The highest BCUT2D eigenvalue weighted by Gasteiger charge is 2.42. The molecular formula is C17H26FNO3S. The third-order valence-corrected chi connectivity index (χ3v) is 6.89. The van der Waals surface area contributed by atoms with E-state index in [1.165, 1.54) is 12.3 Å². The number of rotatable bonds is 7. The first-order valence-electron chi connectivity index (χ1n) is 8.08. The van der Waals surface area contributed by atoms with E-state index in [1.54, 1.807) is 12.1 Å². The Bertz CT molecular complexity index is 612. The smallest absolute Gasteiger partial charge is 0.154 e. The number of nitrogens with one attached hydrogen (secondary N) is 1. The molecule has 2 rings (SSSR count). The Balaban J connectivity index is 1.89. The van der Waals surface area contributed by atoms with E-state index in [0.29, 0.717) is 44.6 Å². The number of hydrogen-bond acceptors (Lipinski definition) is 4. The zero-order chi connectivity index (χ0) is 16.9. The highest BCUT2D eigenvalue weighted by Crippen LogP contribution is 2.28. The summed E-state index contributed by atoms with van der Waals surface area (Å²) in [7, 11) is -3.16. The summed E-state index contributed by atoms with van der Waals surface area (Å²) < 4.78 is 42.6. The lowest BCUT2D eigenvalue weighted by Crippen LogP contribution is -2.52. The van der Waals surface area contributed by atoms with E-state index in [4.69, 9.17) is 4.74 Å². The minimum absolute atomic E-state index is 0.121. The van der Waals surface area contributed by atoms with Crippen LogP contribution in [0.3, 0.4) is 0 Å². The molecule has 1 aliphatic rings. The van der Waals surface area contributed by atoms with Gasteiger partial charge in [0, 0.05) is 32.1 Å². The van der Waals surface area contributed by atoms with Crippen LogP contribution < -0.4 is 5.32 Å². The summed E-state index contributed by atoms with van der Waals surface area (Å²) in [6, 6.07) is 6.89. The molecule has 1 N–H and O–H groups in total. The Morgan fingerprint density at radius 2 is 1.96 bits per heavy atom. The predicted molar refractivity (Wildman–Crippen MR) is 89.8 cm³/mol. The standard InChI is InChI=1S/C17H26FNO3S/c1-14(7-8-15-5-3-4-6-16(15)18)19-13-17(23(2,20)21)9-11-22-12-10-17/h3-6,14,19H,7-13H2,1-2H3/t14-/m0/s1. The molecule has 0 aromatic heterocycles. The maximum atomic E-state index is 13.6. The van der Waals surface area contributed by atoms with Crippen molar-refractivity contribution in [3.63, 3.8) is 0 Å². The van der Waals surface area contributed by atoms with Crippen LogP contribution in [0.2, 0.25) is 0 Å². The Hall–Kier alpha value is -0.980. The topological polar surface area (TPSA) is 55.4 Å². The molecule has 1 aromatic rings.